The topological polar surface area (TPSA) is 62.5 Å². The Morgan fingerprint density at radius 1 is 1.17 bits per heavy atom. The van der Waals surface area contributed by atoms with Gasteiger partial charge in [0.05, 0.1) is 5.56 Å². The summed E-state index contributed by atoms with van der Waals surface area (Å²) < 4.78 is 1.91. The molecule has 1 amide bonds. The van der Waals surface area contributed by atoms with E-state index in [0.29, 0.717) is 25.1 Å². The summed E-state index contributed by atoms with van der Waals surface area (Å²) in [7, 11) is 1.90. The molecule has 0 aliphatic heterocycles. The van der Waals surface area contributed by atoms with E-state index in [-0.39, 0.29) is 12.3 Å². The van der Waals surface area contributed by atoms with Crippen molar-refractivity contribution in [3.63, 3.8) is 0 Å². The summed E-state index contributed by atoms with van der Waals surface area (Å²) in [5, 5.41) is 8.86. The minimum Gasteiger partial charge on any atom is -0.481 e. The van der Waals surface area contributed by atoms with E-state index >= 15 is 0 Å². The predicted octanol–water partition coefficient (Wildman–Crippen LogP) is 3.15. The lowest BCUT2D eigenvalue weighted by Gasteiger charge is -2.23. The van der Waals surface area contributed by atoms with Gasteiger partial charge in [0.15, 0.2) is 0 Å². The van der Waals surface area contributed by atoms with E-state index in [2.05, 4.69) is 0 Å². The van der Waals surface area contributed by atoms with Crippen molar-refractivity contribution in [2.45, 2.75) is 33.2 Å². The summed E-state index contributed by atoms with van der Waals surface area (Å²) in [6.07, 6.45) is 2.37. The van der Waals surface area contributed by atoms with Gasteiger partial charge in [0.2, 0.25) is 0 Å². The van der Waals surface area contributed by atoms with Gasteiger partial charge in [0, 0.05) is 38.4 Å². The fourth-order valence-electron chi connectivity index (χ4n) is 2.67. The number of carboxylic acids is 1. The van der Waals surface area contributed by atoms with Gasteiger partial charge in [-0.15, -0.1) is 0 Å². The molecule has 24 heavy (non-hydrogen) atoms. The summed E-state index contributed by atoms with van der Waals surface area (Å²) in [6, 6.07) is 9.76. The van der Waals surface area contributed by atoms with Crippen molar-refractivity contribution in [2.24, 2.45) is 7.05 Å². The van der Waals surface area contributed by atoms with Crippen LogP contribution >= 0.6 is 0 Å². The van der Waals surface area contributed by atoms with Gasteiger partial charge in [-0.3, -0.25) is 9.59 Å². The van der Waals surface area contributed by atoms with Crippen molar-refractivity contribution in [3.05, 3.63) is 58.9 Å². The van der Waals surface area contributed by atoms with Gasteiger partial charge in [0.25, 0.3) is 5.91 Å². The highest BCUT2D eigenvalue weighted by Gasteiger charge is 2.20. The van der Waals surface area contributed by atoms with E-state index in [1.54, 1.807) is 4.90 Å². The van der Waals surface area contributed by atoms with Crippen molar-refractivity contribution in [1.29, 1.82) is 0 Å². The van der Waals surface area contributed by atoms with Gasteiger partial charge in [-0.05, 0) is 37.5 Å². The van der Waals surface area contributed by atoms with Crippen molar-refractivity contribution in [1.82, 2.24) is 9.47 Å². The van der Waals surface area contributed by atoms with Crippen LogP contribution in [0.4, 0.5) is 0 Å². The number of aromatic nitrogens is 1. The predicted molar refractivity (Wildman–Crippen MR) is 92.9 cm³/mol. The third kappa shape index (κ3) is 4.25. The lowest BCUT2D eigenvalue weighted by molar-refractivity contribution is -0.137. The number of carbonyl (C=O) groups is 2. The monoisotopic (exact) mass is 328 g/mol. The molecule has 5 heteroatoms. The fraction of sp³-hybridized carbons (Fsp3) is 0.368. The molecule has 2 aromatic rings. The van der Waals surface area contributed by atoms with Crippen LogP contribution in [-0.2, 0) is 18.4 Å². The molecule has 0 radical (unpaired) electrons. The van der Waals surface area contributed by atoms with E-state index in [9.17, 15) is 9.59 Å². The minimum atomic E-state index is -0.839. The van der Waals surface area contributed by atoms with Gasteiger partial charge in [-0.25, -0.2) is 0 Å². The van der Waals surface area contributed by atoms with Crippen LogP contribution in [0, 0.1) is 13.8 Å². The molecule has 0 fully saturated rings. The van der Waals surface area contributed by atoms with Crippen LogP contribution in [0.2, 0.25) is 0 Å². The summed E-state index contributed by atoms with van der Waals surface area (Å²) in [6.45, 7) is 4.84. The van der Waals surface area contributed by atoms with Crippen LogP contribution in [0.3, 0.4) is 0 Å². The van der Waals surface area contributed by atoms with Gasteiger partial charge >= 0.3 is 5.97 Å². The number of carboxylic acid groups (broad SMARTS) is 1. The van der Waals surface area contributed by atoms with E-state index < -0.39 is 5.97 Å². The molecule has 0 aliphatic carbocycles. The molecule has 0 bridgehead atoms. The Morgan fingerprint density at radius 3 is 2.46 bits per heavy atom. The van der Waals surface area contributed by atoms with Gasteiger partial charge in [0.1, 0.15) is 0 Å². The molecule has 0 unspecified atom stereocenters. The Kier molecular flexibility index (Phi) is 5.79. The fourth-order valence-corrected chi connectivity index (χ4v) is 2.67. The highest BCUT2D eigenvalue weighted by molar-refractivity contribution is 5.95. The highest BCUT2D eigenvalue weighted by atomic mass is 16.4. The zero-order valence-corrected chi connectivity index (χ0v) is 14.5. The van der Waals surface area contributed by atoms with Crippen molar-refractivity contribution in [2.75, 3.05) is 6.54 Å². The molecule has 2 rings (SSSR count). The number of rotatable bonds is 7. The molecule has 1 aromatic heterocycles. The lowest BCUT2D eigenvalue weighted by Crippen LogP contribution is -2.32. The van der Waals surface area contributed by atoms with E-state index in [1.807, 2.05) is 62.0 Å². The molecule has 128 valence electrons. The standard InChI is InChI=1S/C19H24N2O3/c1-14-7-4-5-8-16(14)13-21(11-6-9-18(22)23)19(24)17-10-12-20(3)15(17)2/h4-5,7-8,10,12H,6,9,11,13H2,1-3H3,(H,22,23). The molecule has 1 heterocycles. The Balaban J connectivity index is 2.21. The largest absolute Gasteiger partial charge is 0.481 e. The highest BCUT2D eigenvalue weighted by Crippen LogP contribution is 2.17. The summed E-state index contributed by atoms with van der Waals surface area (Å²) in [5.41, 5.74) is 3.78. The maximum Gasteiger partial charge on any atom is 0.303 e. The Hall–Kier alpha value is -2.56. The van der Waals surface area contributed by atoms with E-state index in [0.717, 1.165) is 16.8 Å². The first-order valence-corrected chi connectivity index (χ1v) is 8.07. The van der Waals surface area contributed by atoms with Crippen LogP contribution in [0.25, 0.3) is 0 Å². The third-order valence-corrected chi connectivity index (χ3v) is 4.34. The number of aliphatic carboxylic acids is 1. The number of amides is 1. The smallest absolute Gasteiger partial charge is 0.303 e. The number of carbonyl (C=O) groups excluding carboxylic acids is 1. The van der Waals surface area contributed by atoms with Crippen LogP contribution in [0.1, 0.15) is 40.0 Å². The quantitative estimate of drug-likeness (QED) is 0.849. The number of nitrogens with zero attached hydrogens (tertiary/aromatic N) is 2. The molecular weight excluding hydrogens is 304 g/mol. The van der Waals surface area contributed by atoms with Crippen LogP contribution in [-0.4, -0.2) is 33.0 Å². The SMILES string of the molecule is Cc1ccccc1CN(CCCC(=O)O)C(=O)c1ccn(C)c1C. The molecule has 0 saturated carbocycles. The summed E-state index contributed by atoms with van der Waals surface area (Å²) in [4.78, 5) is 25.5. The third-order valence-electron chi connectivity index (χ3n) is 4.34. The second-order valence-electron chi connectivity index (χ2n) is 6.08. The van der Waals surface area contributed by atoms with Gasteiger partial charge in [-0.1, -0.05) is 24.3 Å². The Bertz CT molecular complexity index is 734. The van der Waals surface area contributed by atoms with E-state index in [1.165, 1.54) is 0 Å². The molecule has 1 N–H and O–H groups in total. The van der Waals surface area contributed by atoms with Crippen molar-refractivity contribution in [3.8, 4) is 0 Å². The first-order chi connectivity index (χ1) is 11.4. The van der Waals surface area contributed by atoms with Crippen molar-refractivity contribution < 1.29 is 14.7 Å². The average Bonchev–Trinajstić information content (AvgIpc) is 2.87. The Morgan fingerprint density at radius 2 is 1.88 bits per heavy atom. The number of benzene rings is 1. The number of aryl methyl sites for hydroxylation is 2. The van der Waals surface area contributed by atoms with Gasteiger partial charge in [-0.2, -0.15) is 0 Å². The lowest BCUT2D eigenvalue weighted by atomic mass is 10.1. The van der Waals surface area contributed by atoms with E-state index in [4.69, 9.17) is 5.11 Å². The molecule has 0 atom stereocenters. The summed E-state index contributed by atoms with van der Waals surface area (Å²) >= 11 is 0. The molecule has 0 aliphatic rings. The zero-order valence-electron chi connectivity index (χ0n) is 14.5. The zero-order chi connectivity index (χ0) is 17.7. The molecule has 5 nitrogen and oxygen atoms in total. The molecule has 1 aromatic carbocycles. The maximum atomic E-state index is 12.9. The molecular formula is C19H24N2O3. The molecule has 0 spiro atoms. The van der Waals surface area contributed by atoms with Crippen LogP contribution < -0.4 is 0 Å². The van der Waals surface area contributed by atoms with Crippen molar-refractivity contribution >= 4 is 11.9 Å². The number of hydrogen-bond donors (Lipinski definition) is 1. The second-order valence-corrected chi connectivity index (χ2v) is 6.08. The average molecular weight is 328 g/mol. The minimum absolute atomic E-state index is 0.0539. The van der Waals surface area contributed by atoms with Gasteiger partial charge < -0.3 is 14.6 Å². The first kappa shape index (κ1) is 17.8. The van der Waals surface area contributed by atoms with Crippen LogP contribution in [0.15, 0.2) is 36.5 Å². The Labute approximate surface area is 142 Å². The maximum absolute atomic E-state index is 12.9. The summed E-state index contributed by atoms with van der Waals surface area (Å²) in [5.74, 6) is -0.893. The van der Waals surface area contributed by atoms with Crippen LogP contribution in [0.5, 0.6) is 0 Å². The number of hydrogen-bond acceptors (Lipinski definition) is 2. The second kappa shape index (κ2) is 7.81. The first-order valence-electron chi connectivity index (χ1n) is 8.07. The normalized spacial score (nSPS) is 10.6. The molecule has 0 saturated heterocycles.